The Balaban J connectivity index is 1.31. The minimum atomic E-state index is -0.332. The zero-order valence-electron chi connectivity index (χ0n) is 13.6. The van der Waals surface area contributed by atoms with Crippen molar-refractivity contribution in [2.45, 2.75) is 24.9 Å². The highest BCUT2D eigenvalue weighted by Crippen LogP contribution is 2.34. The van der Waals surface area contributed by atoms with E-state index in [9.17, 15) is 4.79 Å². The number of anilines is 1. The normalized spacial score (nSPS) is 29.7. The number of likely N-dealkylation sites (tertiary alicyclic amines) is 1. The van der Waals surface area contributed by atoms with Crippen LogP contribution in [0.15, 0.2) is 29.7 Å². The van der Waals surface area contributed by atoms with E-state index in [1.54, 1.807) is 24.5 Å². The van der Waals surface area contributed by atoms with Gasteiger partial charge < -0.3 is 14.9 Å². The lowest BCUT2D eigenvalue weighted by Crippen LogP contribution is -2.36. The number of nitrogens with one attached hydrogen (secondary N) is 1. The van der Waals surface area contributed by atoms with Gasteiger partial charge in [-0.2, -0.15) is 0 Å². The van der Waals surface area contributed by atoms with Crippen molar-refractivity contribution in [3.05, 3.63) is 24.5 Å². The SMILES string of the molecule is O=C(Nc1cccnc1)C1=NO[C@@]2(CCN(C[C@H]3CCOC3)C2)C1. The van der Waals surface area contributed by atoms with Crippen LogP contribution in [0.1, 0.15) is 19.3 Å². The zero-order valence-corrected chi connectivity index (χ0v) is 13.6. The molecule has 0 bridgehead atoms. The molecule has 1 amide bonds. The van der Waals surface area contributed by atoms with Crippen molar-refractivity contribution < 1.29 is 14.4 Å². The monoisotopic (exact) mass is 330 g/mol. The van der Waals surface area contributed by atoms with Gasteiger partial charge in [-0.25, -0.2) is 0 Å². The molecule has 7 heteroatoms. The summed E-state index contributed by atoms with van der Waals surface area (Å²) in [7, 11) is 0. The Kier molecular flexibility index (Phi) is 4.20. The Hall–Kier alpha value is -1.99. The van der Waals surface area contributed by atoms with Crippen LogP contribution in [-0.4, -0.2) is 60.0 Å². The second-order valence-electron chi connectivity index (χ2n) is 6.90. The van der Waals surface area contributed by atoms with E-state index >= 15 is 0 Å². The Labute approximate surface area is 141 Å². The van der Waals surface area contributed by atoms with Crippen molar-refractivity contribution >= 4 is 17.3 Å². The van der Waals surface area contributed by atoms with Gasteiger partial charge in [0.2, 0.25) is 0 Å². The Morgan fingerprint density at radius 3 is 3.25 bits per heavy atom. The predicted molar refractivity (Wildman–Crippen MR) is 88.7 cm³/mol. The van der Waals surface area contributed by atoms with E-state index in [4.69, 9.17) is 9.57 Å². The van der Waals surface area contributed by atoms with Crippen molar-refractivity contribution in [2.75, 3.05) is 38.2 Å². The van der Waals surface area contributed by atoms with Crippen LogP contribution in [0, 0.1) is 5.92 Å². The quantitative estimate of drug-likeness (QED) is 0.900. The molecule has 4 heterocycles. The molecule has 1 N–H and O–H groups in total. The van der Waals surface area contributed by atoms with Crippen molar-refractivity contribution in [3.63, 3.8) is 0 Å². The van der Waals surface area contributed by atoms with Crippen LogP contribution >= 0.6 is 0 Å². The van der Waals surface area contributed by atoms with Crippen LogP contribution < -0.4 is 5.32 Å². The molecule has 4 rings (SSSR count). The molecule has 0 aliphatic carbocycles. The first kappa shape index (κ1) is 15.5. The maximum absolute atomic E-state index is 12.3. The number of hydrogen-bond acceptors (Lipinski definition) is 6. The topological polar surface area (TPSA) is 76.0 Å². The van der Waals surface area contributed by atoms with Gasteiger partial charge in [-0.3, -0.25) is 14.7 Å². The lowest BCUT2D eigenvalue weighted by atomic mass is 9.96. The molecule has 3 aliphatic heterocycles. The van der Waals surface area contributed by atoms with Crippen LogP contribution in [0.4, 0.5) is 5.69 Å². The van der Waals surface area contributed by atoms with Crippen molar-refractivity contribution in [1.82, 2.24) is 9.88 Å². The maximum atomic E-state index is 12.3. The van der Waals surface area contributed by atoms with Crippen molar-refractivity contribution in [2.24, 2.45) is 11.1 Å². The molecular formula is C17H22N4O3. The average molecular weight is 330 g/mol. The summed E-state index contributed by atoms with van der Waals surface area (Å²) >= 11 is 0. The molecule has 0 radical (unpaired) electrons. The molecule has 24 heavy (non-hydrogen) atoms. The van der Waals surface area contributed by atoms with Gasteiger partial charge in [-0.1, -0.05) is 5.16 Å². The maximum Gasteiger partial charge on any atom is 0.273 e. The summed E-state index contributed by atoms with van der Waals surface area (Å²) in [6.07, 6.45) is 5.90. The highest BCUT2D eigenvalue weighted by molar-refractivity contribution is 6.43. The number of rotatable bonds is 4. The van der Waals surface area contributed by atoms with Gasteiger partial charge in [0.15, 0.2) is 5.60 Å². The van der Waals surface area contributed by atoms with Crippen LogP contribution in [0.2, 0.25) is 0 Å². The summed E-state index contributed by atoms with van der Waals surface area (Å²) in [5, 5.41) is 6.88. The minimum absolute atomic E-state index is 0.206. The molecule has 0 aromatic carbocycles. The molecule has 2 fully saturated rings. The van der Waals surface area contributed by atoms with Gasteiger partial charge in [0.25, 0.3) is 5.91 Å². The number of pyridine rings is 1. The first-order valence-electron chi connectivity index (χ1n) is 8.49. The molecule has 2 atom stereocenters. The fourth-order valence-corrected chi connectivity index (χ4v) is 3.68. The van der Waals surface area contributed by atoms with Gasteiger partial charge in [-0.15, -0.1) is 0 Å². The second-order valence-corrected chi connectivity index (χ2v) is 6.90. The van der Waals surface area contributed by atoms with Gasteiger partial charge in [-0.05, 0) is 24.5 Å². The minimum Gasteiger partial charge on any atom is -0.387 e. The zero-order chi connectivity index (χ0) is 16.4. The molecule has 0 unspecified atom stereocenters. The number of hydrogen-bond donors (Lipinski definition) is 1. The van der Waals surface area contributed by atoms with Gasteiger partial charge in [0, 0.05) is 45.3 Å². The third-order valence-corrected chi connectivity index (χ3v) is 4.96. The summed E-state index contributed by atoms with van der Waals surface area (Å²) in [5.74, 6) is 0.415. The van der Waals surface area contributed by atoms with E-state index in [1.165, 1.54) is 0 Å². The molecule has 128 valence electrons. The highest BCUT2D eigenvalue weighted by atomic mass is 16.7. The number of amides is 1. The standard InChI is InChI=1S/C17H22N4O3/c22-16(19-14-2-1-5-18-9-14)15-8-17(24-20-15)4-6-21(12-17)10-13-3-7-23-11-13/h1-2,5,9,13H,3-4,6-8,10-12H2,(H,19,22)/t13-,17+/m1/s1. The van der Waals surface area contributed by atoms with Crippen LogP contribution in [0.5, 0.6) is 0 Å². The van der Waals surface area contributed by atoms with E-state index in [0.717, 1.165) is 45.7 Å². The lowest BCUT2D eigenvalue weighted by molar-refractivity contribution is -0.110. The smallest absolute Gasteiger partial charge is 0.273 e. The van der Waals surface area contributed by atoms with Crippen molar-refractivity contribution in [3.8, 4) is 0 Å². The van der Waals surface area contributed by atoms with E-state index < -0.39 is 0 Å². The Bertz CT molecular complexity index is 630. The summed E-state index contributed by atoms with van der Waals surface area (Å²) < 4.78 is 5.45. The largest absolute Gasteiger partial charge is 0.387 e. The molecule has 0 saturated carbocycles. The Morgan fingerprint density at radius 2 is 2.46 bits per heavy atom. The van der Waals surface area contributed by atoms with Crippen LogP contribution in [0.3, 0.4) is 0 Å². The fourth-order valence-electron chi connectivity index (χ4n) is 3.68. The molecule has 1 aromatic rings. The van der Waals surface area contributed by atoms with Gasteiger partial charge in [0.1, 0.15) is 5.71 Å². The molecule has 7 nitrogen and oxygen atoms in total. The number of oxime groups is 1. The van der Waals surface area contributed by atoms with Crippen LogP contribution in [0.25, 0.3) is 0 Å². The average Bonchev–Trinajstić information content (AvgIpc) is 3.32. The number of carbonyl (C=O) groups is 1. The number of nitrogens with zero attached hydrogens (tertiary/aromatic N) is 3. The second kappa shape index (κ2) is 6.49. The van der Waals surface area contributed by atoms with E-state index in [0.29, 0.717) is 23.7 Å². The molecule has 2 saturated heterocycles. The van der Waals surface area contributed by atoms with E-state index in [2.05, 4.69) is 20.4 Å². The predicted octanol–water partition coefficient (Wildman–Crippen LogP) is 1.28. The van der Waals surface area contributed by atoms with Gasteiger partial charge >= 0.3 is 0 Å². The number of carbonyl (C=O) groups excluding carboxylic acids is 1. The summed E-state index contributed by atoms with van der Waals surface area (Å²) in [4.78, 5) is 24.4. The number of ether oxygens (including phenoxy) is 1. The molecule has 3 aliphatic rings. The molecular weight excluding hydrogens is 308 g/mol. The summed E-state index contributed by atoms with van der Waals surface area (Å²) in [6.45, 7) is 4.60. The van der Waals surface area contributed by atoms with Gasteiger partial charge in [0.05, 0.1) is 18.5 Å². The lowest BCUT2D eigenvalue weighted by Gasteiger charge is -2.23. The first-order valence-corrected chi connectivity index (χ1v) is 8.49. The number of aromatic nitrogens is 1. The first-order chi connectivity index (χ1) is 11.7. The summed E-state index contributed by atoms with van der Waals surface area (Å²) in [6, 6.07) is 3.59. The third kappa shape index (κ3) is 3.27. The van der Waals surface area contributed by atoms with Crippen molar-refractivity contribution in [1.29, 1.82) is 0 Å². The molecule has 1 spiro atoms. The van der Waals surface area contributed by atoms with Crippen LogP contribution in [-0.2, 0) is 14.4 Å². The third-order valence-electron chi connectivity index (χ3n) is 4.96. The highest BCUT2D eigenvalue weighted by Gasteiger charge is 2.46. The Morgan fingerprint density at radius 1 is 1.50 bits per heavy atom. The molecule has 1 aromatic heterocycles. The van der Waals surface area contributed by atoms with E-state index in [-0.39, 0.29) is 11.5 Å². The summed E-state index contributed by atoms with van der Waals surface area (Å²) in [5.41, 5.74) is 0.798. The fraction of sp³-hybridized carbons (Fsp3) is 0.588. The van der Waals surface area contributed by atoms with E-state index in [1.807, 2.05) is 0 Å².